The van der Waals surface area contributed by atoms with Crippen molar-refractivity contribution in [1.82, 2.24) is 10.2 Å². The lowest BCUT2D eigenvalue weighted by Gasteiger charge is -2.68. The molecule has 1 aliphatic heterocycles. The molecule has 44 heavy (non-hydrogen) atoms. The van der Waals surface area contributed by atoms with Crippen LogP contribution in [0.3, 0.4) is 0 Å². The van der Waals surface area contributed by atoms with Crippen molar-refractivity contribution in [2.75, 3.05) is 39.4 Å². The van der Waals surface area contributed by atoms with Crippen LogP contribution in [0.15, 0.2) is 36.9 Å². The molecule has 0 amide bonds. The van der Waals surface area contributed by atoms with E-state index in [1.165, 1.54) is 94.9 Å². The van der Waals surface area contributed by atoms with Crippen molar-refractivity contribution in [1.29, 1.82) is 0 Å². The van der Waals surface area contributed by atoms with Crippen LogP contribution in [-0.2, 0) is 4.74 Å². The van der Waals surface area contributed by atoms with Gasteiger partial charge in [-0.05, 0) is 134 Å². The lowest BCUT2D eigenvalue weighted by atomic mass is 9.37. The first-order chi connectivity index (χ1) is 21.1. The number of allylic oxidation sites excluding steroid dienone is 2. The molecule has 0 radical (unpaired) electrons. The summed E-state index contributed by atoms with van der Waals surface area (Å²) in [5.74, 6) is 4.39. The lowest BCUT2D eigenvalue weighted by molar-refractivity contribution is -0.172. The molecular formula is C40H60N2O2. The zero-order valence-electron chi connectivity index (χ0n) is 28.3. The number of hydrogen-bond donors (Lipinski definition) is 2. The normalized spacial score (nSPS) is 41.5. The van der Waals surface area contributed by atoms with E-state index >= 15 is 0 Å². The summed E-state index contributed by atoms with van der Waals surface area (Å²) in [6.07, 6.45) is 17.9. The van der Waals surface area contributed by atoms with Gasteiger partial charge >= 0.3 is 0 Å². The van der Waals surface area contributed by atoms with Crippen LogP contribution in [0.4, 0.5) is 0 Å². The van der Waals surface area contributed by atoms with Crippen molar-refractivity contribution in [2.24, 2.45) is 45.8 Å². The number of morpholine rings is 1. The zero-order valence-corrected chi connectivity index (χ0v) is 28.3. The third-order valence-electron chi connectivity index (χ3n) is 14.9. The molecule has 1 heterocycles. The van der Waals surface area contributed by atoms with Crippen molar-refractivity contribution >= 4 is 11.3 Å². The van der Waals surface area contributed by atoms with Gasteiger partial charge in [0.25, 0.3) is 0 Å². The van der Waals surface area contributed by atoms with Crippen LogP contribution in [-0.4, -0.2) is 54.9 Å². The number of aliphatic hydroxyl groups is 1. The summed E-state index contributed by atoms with van der Waals surface area (Å²) >= 11 is 0. The van der Waals surface area contributed by atoms with Gasteiger partial charge in [-0.25, -0.2) is 0 Å². The fourth-order valence-electron chi connectivity index (χ4n) is 12.9. The molecule has 242 valence electrons. The van der Waals surface area contributed by atoms with Crippen LogP contribution in [0, 0.1) is 45.8 Å². The second kappa shape index (κ2) is 11.6. The predicted molar refractivity (Wildman–Crippen MR) is 182 cm³/mol. The maximum atomic E-state index is 9.87. The smallest absolute Gasteiger partial charge is 0.115 e. The van der Waals surface area contributed by atoms with E-state index in [0.717, 1.165) is 55.5 Å². The minimum atomic E-state index is 0.140. The predicted octanol–water partition coefficient (Wildman–Crippen LogP) is 8.74. The van der Waals surface area contributed by atoms with E-state index in [-0.39, 0.29) is 11.2 Å². The zero-order chi connectivity index (χ0) is 30.7. The molecule has 8 unspecified atom stereocenters. The minimum Gasteiger partial charge on any atom is -0.508 e. The molecule has 5 aliphatic carbocycles. The quantitative estimate of drug-likeness (QED) is 0.243. The van der Waals surface area contributed by atoms with E-state index in [0.29, 0.717) is 22.3 Å². The van der Waals surface area contributed by atoms with Crippen molar-refractivity contribution < 1.29 is 9.84 Å². The van der Waals surface area contributed by atoms with Crippen LogP contribution in [0.25, 0.3) is 11.3 Å². The molecule has 5 fully saturated rings. The molecule has 4 saturated carbocycles. The second-order valence-electron chi connectivity index (χ2n) is 17.0. The average molecular weight is 601 g/mol. The molecule has 0 aromatic heterocycles. The Morgan fingerprint density at radius 3 is 2.43 bits per heavy atom. The molecule has 7 rings (SSSR count). The maximum absolute atomic E-state index is 9.87. The molecule has 1 aromatic rings. The maximum Gasteiger partial charge on any atom is 0.115 e. The van der Waals surface area contributed by atoms with Gasteiger partial charge in [0, 0.05) is 24.2 Å². The summed E-state index contributed by atoms with van der Waals surface area (Å²) in [5, 5.41) is 14.1. The SMILES string of the molecule is C=C(O)c1ccc(C2=CCC3(C)C(CCC4(C)C5CCC6(NCCCN7CCOCC7)CCCC6C5CCC43)C2(C)C)cc1. The first-order valence-electron chi connectivity index (χ1n) is 18.3. The second-order valence-corrected chi connectivity index (χ2v) is 17.0. The molecule has 8 atom stereocenters. The number of ether oxygens (including phenoxy) is 1. The van der Waals surface area contributed by atoms with E-state index in [1.807, 2.05) is 12.1 Å². The van der Waals surface area contributed by atoms with Gasteiger partial charge in [-0.1, -0.05) is 71.0 Å². The highest BCUT2D eigenvalue weighted by Gasteiger charge is 2.65. The van der Waals surface area contributed by atoms with Crippen LogP contribution < -0.4 is 5.32 Å². The summed E-state index contributed by atoms with van der Waals surface area (Å²) < 4.78 is 5.56. The summed E-state index contributed by atoms with van der Waals surface area (Å²) in [6.45, 7) is 20.7. The molecule has 0 bridgehead atoms. The number of nitrogens with zero attached hydrogens (tertiary/aromatic N) is 1. The van der Waals surface area contributed by atoms with Gasteiger partial charge in [0.1, 0.15) is 5.76 Å². The molecule has 1 saturated heterocycles. The Morgan fingerprint density at radius 1 is 0.909 bits per heavy atom. The molecule has 4 heteroatoms. The highest BCUT2D eigenvalue weighted by Crippen LogP contribution is 2.72. The Hall–Kier alpha value is -1.62. The Labute approximate surface area is 268 Å². The summed E-state index contributed by atoms with van der Waals surface area (Å²) in [7, 11) is 0. The number of hydrogen-bond acceptors (Lipinski definition) is 4. The highest BCUT2D eigenvalue weighted by molar-refractivity contribution is 5.73. The third-order valence-corrected chi connectivity index (χ3v) is 14.9. The van der Waals surface area contributed by atoms with Crippen molar-refractivity contribution in [3.63, 3.8) is 0 Å². The van der Waals surface area contributed by atoms with Crippen molar-refractivity contribution in [3.8, 4) is 0 Å². The van der Waals surface area contributed by atoms with Gasteiger partial charge in [-0.3, -0.25) is 4.90 Å². The minimum absolute atomic E-state index is 0.140. The van der Waals surface area contributed by atoms with Gasteiger partial charge in [0.2, 0.25) is 0 Å². The van der Waals surface area contributed by atoms with Gasteiger partial charge < -0.3 is 15.2 Å². The Balaban J connectivity index is 1.07. The molecular weight excluding hydrogens is 540 g/mol. The van der Waals surface area contributed by atoms with Crippen LogP contribution >= 0.6 is 0 Å². The van der Waals surface area contributed by atoms with Gasteiger partial charge in [0.15, 0.2) is 0 Å². The highest BCUT2D eigenvalue weighted by atomic mass is 16.5. The first-order valence-corrected chi connectivity index (χ1v) is 18.3. The van der Waals surface area contributed by atoms with E-state index in [2.05, 4.69) is 62.7 Å². The molecule has 6 aliphatic rings. The topological polar surface area (TPSA) is 44.7 Å². The summed E-state index contributed by atoms with van der Waals surface area (Å²) in [4.78, 5) is 2.60. The average Bonchev–Trinajstić information content (AvgIpc) is 3.44. The van der Waals surface area contributed by atoms with E-state index in [4.69, 9.17) is 4.74 Å². The molecule has 4 nitrogen and oxygen atoms in total. The molecule has 2 N–H and O–H groups in total. The van der Waals surface area contributed by atoms with Gasteiger partial charge in [0.05, 0.1) is 13.2 Å². The Bertz CT molecular complexity index is 1250. The number of rotatable bonds is 7. The largest absolute Gasteiger partial charge is 0.508 e. The number of fused-ring (bicyclic) bond motifs is 7. The van der Waals surface area contributed by atoms with Gasteiger partial charge in [-0.15, -0.1) is 0 Å². The Morgan fingerprint density at radius 2 is 1.68 bits per heavy atom. The van der Waals surface area contributed by atoms with E-state index in [1.54, 1.807) is 0 Å². The van der Waals surface area contributed by atoms with Gasteiger partial charge in [-0.2, -0.15) is 0 Å². The monoisotopic (exact) mass is 600 g/mol. The van der Waals surface area contributed by atoms with Crippen LogP contribution in [0.5, 0.6) is 0 Å². The van der Waals surface area contributed by atoms with Crippen LogP contribution in [0.2, 0.25) is 0 Å². The lowest BCUT2D eigenvalue weighted by Crippen LogP contribution is -2.63. The first kappa shape index (κ1) is 31.0. The fraction of sp³-hybridized carbons (Fsp3) is 0.750. The van der Waals surface area contributed by atoms with Crippen molar-refractivity contribution in [2.45, 2.75) is 104 Å². The standard InChI is InChI=1S/C40H60N2O2/c1-28(43)29-9-11-30(12-10-29)32-15-19-39(5)35(37(32,2)3)17-20-38(4)33-16-21-40(41-22-7-23-42-24-26-44-27-25-42)18-6-8-34(40)31(33)13-14-36(38)39/h9-12,15,31,33-36,41,43H,1,6-8,13-14,16-27H2,2-5H3. The fourth-order valence-corrected chi connectivity index (χ4v) is 12.9. The Kier molecular flexibility index (Phi) is 8.15. The summed E-state index contributed by atoms with van der Waals surface area (Å²) in [6, 6.07) is 8.48. The van der Waals surface area contributed by atoms with Crippen molar-refractivity contribution in [3.05, 3.63) is 48.0 Å². The number of nitrogens with one attached hydrogen (secondary N) is 1. The number of benzene rings is 1. The van der Waals surface area contributed by atoms with E-state index in [9.17, 15) is 5.11 Å². The molecule has 0 spiro atoms. The summed E-state index contributed by atoms with van der Waals surface area (Å²) in [5.41, 5.74) is 5.05. The third kappa shape index (κ3) is 4.96. The number of aliphatic hydroxyl groups excluding tert-OH is 1. The van der Waals surface area contributed by atoms with E-state index < -0.39 is 0 Å². The molecule has 1 aromatic carbocycles. The van der Waals surface area contributed by atoms with Crippen LogP contribution in [0.1, 0.15) is 109 Å².